The van der Waals surface area contributed by atoms with Gasteiger partial charge in [0, 0.05) is 19.5 Å². The van der Waals surface area contributed by atoms with Crippen LogP contribution in [0.2, 0.25) is 0 Å². The second-order valence-corrected chi connectivity index (χ2v) is 8.05. The average molecular weight is 459 g/mol. The molecule has 0 heterocycles. The first kappa shape index (κ1) is 25.5. The van der Waals surface area contributed by atoms with E-state index in [1.54, 1.807) is 7.05 Å². The van der Waals surface area contributed by atoms with Crippen LogP contribution < -0.4 is 0 Å². The topological polar surface area (TPSA) is 52.4 Å². The summed E-state index contributed by atoms with van der Waals surface area (Å²) in [5.74, 6) is 0. The van der Waals surface area contributed by atoms with Gasteiger partial charge in [-0.15, -0.1) is 0 Å². The van der Waals surface area contributed by atoms with E-state index in [1.807, 2.05) is 30.6 Å². The Balaban J connectivity index is 1.24. The summed E-state index contributed by atoms with van der Waals surface area (Å²) in [6.07, 6.45) is 3.74. The molecule has 5 nitrogen and oxygen atoms in total. The van der Waals surface area contributed by atoms with Crippen molar-refractivity contribution in [2.45, 2.75) is 26.7 Å². The lowest BCUT2D eigenvalue weighted by Gasteiger charge is -2.08. The van der Waals surface area contributed by atoms with Gasteiger partial charge in [0.2, 0.25) is 0 Å². The van der Waals surface area contributed by atoms with Crippen LogP contribution in [0.1, 0.15) is 33.4 Å². The van der Waals surface area contributed by atoms with E-state index in [4.69, 9.17) is 14.2 Å². The van der Waals surface area contributed by atoms with Crippen LogP contribution in [0.3, 0.4) is 0 Å². The van der Waals surface area contributed by atoms with Crippen molar-refractivity contribution in [3.8, 4) is 0 Å². The molecule has 3 rings (SSSR count). The zero-order valence-corrected chi connectivity index (χ0v) is 20.2. The van der Waals surface area contributed by atoms with Gasteiger partial charge in [0.05, 0.1) is 46.2 Å². The quantitative estimate of drug-likeness (QED) is 0.240. The molecule has 0 saturated heterocycles. The van der Waals surface area contributed by atoms with Gasteiger partial charge in [-0.25, -0.2) is 0 Å². The molecule has 0 unspecified atom stereocenters. The molecule has 0 spiro atoms. The van der Waals surface area contributed by atoms with E-state index in [1.165, 1.54) is 16.7 Å². The molecule has 0 aliphatic carbocycles. The Morgan fingerprint density at radius 1 is 0.647 bits per heavy atom. The SMILES string of the molecule is C/N=C/c1cccc(/C=N/Cc2ccc(COCCOCCOCc3ccc(C)cc3)cc2)c1. The maximum absolute atomic E-state index is 5.71. The number of ether oxygens (including phenoxy) is 3. The molecule has 0 aromatic heterocycles. The molecule has 34 heavy (non-hydrogen) atoms. The fourth-order valence-electron chi connectivity index (χ4n) is 3.27. The lowest BCUT2D eigenvalue weighted by atomic mass is 10.1. The Bertz CT molecular complexity index is 1030. The summed E-state index contributed by atoms with van der Waals surface area (Å²) in [6.45, 7) is 6.19. The number of aliphatic imine (C=N–C) groups is 2. The van der Waals surface area contributed by atoms with E-state index in [2.05, 4.69) is 71.5 Å². The third-order valence-corrected chi connectivity index (χ3v) is 5.13. The zero-order chi connectivity index (χ0) is 23.8. The van der Waals surface area contributed by atoms with Crippen molar-refractivity contribution in [1.29, 1.82) is 0 Å². The molecule has 0 bridgehead atoms. The lowest BCUT2D eigenvalue weighted by Crippen LogP contribution is -2.09. The molecular formula is C29H34N2O3. The first-order chi connectivity index (χ1) is 16.7. The normalized spacial score (nSPS) is 11.6. The van der Waals surface area contributed by atoms with E-state index in [9.17, 15) is 0 Å². The van der Waals surface area contributed by atoms with Crippen molar-refractivity contribution in [2.24, 2.45) is 9.98 Å². The van der Waals surface area contributed by atoms with Gasteiger partial charge in [0.1, 0.15) is 0 Å². The van der Waals surface area contributed by atoms with Crippen LogP contribution in [-0.2, 0) is 34.0 Å². The Labute approximate surface area is 203 Å². The van der Waals surface area contributed by atoms with Crippen LogP contribution in [0.5, 0.6) is 0 Å². The van der Waals surface area contributed by atoms with Crippen molar-refractivity contribution in [1.82, 2.24) is 0 Å². The van der Waals surface area contributed by atoms with Crippen molar-refractivity contribution in [3.63, 3.8) is 0 Å². The maximum atomic E-state index is 5.71. The van der Waals surface area contributed by atoms with Crippen LogP contribution >= 0.6 is 0 Å². The van der Waals surface area contributed by atoms with E-state index in [0.29, 0.717) is 46.2 Å². The standard InChI is InChI=1S/C29H34N2O3/c1-24-6-8-26(9-7-24)22-33-16-14-32-15-17-34-23-27-12-10-25(11-13-27)20-31-21-29-5-3-4-28(18-29)19-30-2/h3-13,18-19,21H,14-17,20,22-23H2,1-2H3/b30-19+,31-21+. The Hall–Kier alpha value is -3.12. The molecule has 178 valence electrons. The highest BCUT2D eigenvalue weighted by atomic mass is 16.5. The molecule has 0 atom stereocenters. The summed E-state index contributed by atoms with van der Waals surface area (Å²) in [4.78, 5) is 8.60. The van der Waals surface area contributed by atoms with Gasteiger partial charge in [-0.2, -0.15) is 0 Å². The summed E-state index contributed by atoms with van der Waals surface area (Å²) >= 11 is 0. The second-order valence-electron chi connectivity index (χ2n) is 8.05. The van der Waals surface area contributed by atoms with Gasteiger partial charge < -0.3 is 14.2 Å². The summed E-state index contributed by atoms with van der Waals surface area (Å²) in [5, 5.41) is 0. The molecule has 0 amide bonds. The average Bonchev–Trinajstić information content (AvgIpc) is 2.85. The van der Waals surface area contributed by atoms with Gasteiger partial charge in [-0.3, -0.25) is 9.98 Å². The van der Waals surface area contributed by atoms with E-state index in [-0.39, 0.29) is 0 Å². The van der Waals surface area contributed by atoms with Crippen molar-refractivity contribution < 1.29 is 14.2 Å². The molecule has 0 N–H and O–H groups in total. The number of nitrogens with zero attached hydrogens (tertiary/aromatic N) is 2. The van der Waals surface area contributed by atoms with Crippen molar-refractivity contribution in [2.75, 3.05) is 33.5 Å². The predicted molar refractivity (Wildman–Crippen MR) is 139 cm³/mol. The minimum absolute atomic E-state index is 0.561. The number of aryl methyl sites for hydroxylation is 1. The summed E-state index contributed by atoms with van der Waals surface area (Å²) in [7, 11) is 1.77. The van der Waals surface area contributed by atoms with E-state index in [0.717, 1.165) is 16.7 Å². The molecule has 0 aliphatic rings. The van der Waals surface area contributed by atoms with Gasteiger partial charge in [-0.05, 0) is 40.8 Å². The monoisotopic (exact) mass is 458 g/mol. The van der Waals surface area contributed by atoms with Crippen LogP contribution in [0.15, 0.2) is 82.8 Å². The first-order valence-corrected chi connectivity index (χ1v) is 11.6. The summed E-state index contributed by atoms with van der Waals surface area (Å²) < 4.78 is 16.9. The van der Waals surface area contributed by atoms with Crippen LogP contribution in [0.4, 0.5) is 0 Å². The Morgan fingerprint density at radius 3 is 1.79 bits per heavy atom. The lowest BCUT2D eigenvalue weighted by molar-refractivity contribution is 0.00704. The second kappa shape index (κ2) is 14.9. The highest BCUT2D eigenvalue weighted by molar-refractivity contribution is 5.86. The number of hydrogen-bond acceptors (Lipinski definition) is 5. The molecular weight excluding hydrogens is 424 g/mol. The summed E-state index contributed by atoms with van der Waals surface area (Å²) in [5.41, 5.74) is 6.89. The first-order valence-electron chi connectivity index (χ1n) is 11.6. The number of hydrogen-bond donors (Lipinski definition) is 0. The van der Waals surface area contributed by atoms with Crippen molar-refractivity contribution >= 4 is 12.4 Å². The highest BCUT2D eigenvalue weighted by Gasteiger charge is 1.97. The molecule has 3 aromatic rings. The predicted octanol–water partition coefficient (Wildman–Crippen LogP) is 5.41. The molecule has 5 heteroatoms. The van der Waals surface area contributed by atoms with Crippen LogP contribution in [0, 0.1) is 6.92 Å². The Kier molecular flexibility index (Phi) is 11.2. The van der Waals surface area contributed by atoms with Gasteiger partial charge in [0.15, 0.2) is 0 Å². The third kappa shape index (κ3) is 9.79. The summed E-state index contributed by atoms with van der Waals surface area (Å²) in [6, 6.07) is 24.9. The largest absolute Gasteiger partial charge is 0.377 e. The fraction of sp³-hybridized carbons (Fsp3) is 0.310. The van der Waals surface area contributed by atoms with Gasteiger partial charge in [0.25, 0.3) is 0 Å². The van der Waals surface area contributed by atoms with E-state index >= 15 is 0 Å². The third-order valence-electron chi connectivity index (χ3n) is 5.13. The van der Waals surface area contributed by atoms with Crippen molar-refractivity contribution in [3.05, 3.63) is 106 Å². The molecule has 3 aromatic carbocycles. The minimum Gasteiger partial charge on any atom is -0.377 e. The molecule has 0 saturated carbocycles. The minimum atomic E-state index is 0.561. The molecule has 0 aliphatic heterocycles. The smallest absolute Gasteiger partial charge is 0.0718 e. The Morgan fingerprint density at radius 2 is 1.18 bits per heavy atom. The van der Waals surface area contributed by atoms with Gasteiger partial charge >= 0.3 is 0 Å². The fourth-order valence-corrected chi connectivity index (χ4v) is 3.27. The van der Waals surface area contributed by atoms with Gasteiger partial charge in [-0.1, -0.05) is 72.3 Å². The highest BCUT2D eigenvalue weighted by Crippen LogP contribution is 2.08. The van der Waals surface area contributed by atoms with Crippen LogP contribution in [0.25, 0.3) is 0 Å². The van der Waals surface area contributed by atoms with Crippen LogP contribution in [-0.4, -0.2) is 45.9 Å². The van der Waals surface area contributed by atoms with E-state index < -0.39 is 0 Å². The molecule has 0 radical (unpaired) electrons. The number of benzene rings is 3. The zero-order valence-electron chi connectivity index (χ0n) is 20.2. The molecule has 0 fully saturated rings. The number of rotatable bonds is 14. The maximum Gasteiger partial charge on any atom is 0.0718 e.